The van der Waals surface area contributed by atoms with Gasteiger partial charge in [0.05, 0.1) is 23.0 Å². The molecule has 1 aliphatic rings. The first-order valence-corrected chi connectivity index (χ1v) is 6.74. The molecule has 1 saturated heterocycles. The number of hydrogen-bond acceptors (Lipinski definition) is 5. The van der Waals surface area contributed by atoms with Crippen LogP contribution in [0.5, 0.6) is 0 Å². The van der Waals surface area contributed by atoms with Gasteiger partial charge in [-0.15, -0.1) is 0 Å². The third-order valence-electron chi connectivity index (χ3n) is 3.73. The SMILES string of the molecule is CC1(C)CCCC(C)(C)N1N=Cc1ccnc(N)n1. The first kappa shape index (κ1) is 13.8. The number of nitrogens with two attached hydrogens (primary N) is 1. The van der Waals surface area contributed by atoms with Crippen LogP contribution in [0.2, 0.25) is 0 Å². The Hall–Kier alpha value is -1.65. The van der Waals surface area contributed by atoms with Crippen LogP contribution in [0.3, 0.4) is 0 Å². The lowest BCUT2D eigenvalue weighted by atomic mass is 9.82. The number of nitrogens with zero attached hydrogens (tertiary/aromatic N) is 4. The zero-order valence-electron chi connectivity index (χ0n) is 12.2. The zero-order valence-corrected chi connectivity index (χ0v) is 12.2. The first-order chi connectivity index (χ1) is 8.81. The van der Waals surface area contributed by atoms with Crippen molar-refractivity contribution in [1.82, 2.24) is 15.0 Å². The summed E-state index contributed by atoms with van der Waals surface area (Å²) in [6, 6.07) is 1.81. The van der Waals surface area contributed by atoms with E-state index in [1.165, 1.54) is 6.42 Å². The highest BCUT2D eigenvalue weighted by molar-refractivity contribution is 5.76. The van der Waals surface area contributed by atoms with Crippen LogP contribution < -0.4 is 5.73 Å². The van der Waals surface area contributed by atoms with Gasteiger partial charge in [0, 0.05) is 6.20 Å². The van der Waals surface area contributed by atoms with Gasteiger partial charge in [-0.2, -0.15) is 5.10 Å². The Morgan fingerprint density at radius 1 is 1.26 bits per heavy atom. The van der Waals surface area contributed by atoms with Gasteiger partial charge in [-0.1, -0.05) is 0 Å². The third kappa shape index (κ3) is 3.03. The highest BCUT2D eigenvalue weighted by Gasteiger charge is 2.40. The monoisotopic (exact) mass is 261 g/mol. The van der Waals surface area contributed by atoms with E-state index in [1.807, 2.05) is 6.07 Å². The molecule has 0 aromatic carbocycles. The summed E-state index contributed by atoms with van der Waals surface area (Å²) in [5.74, 6) is 0.279. The number of rotatable bonds is 2. The Kier molecular flexibility index (Phi) is 3.47. The van der Waals surface area contributed by atoms with Crippen LogP contribution in [0.15, 0.2) is 17.4 Å². The van der Waals surface area contributed by atoms with Crippen LogP contribution in [0.4, 0.5) is 5.95 Å². The van der Waals surface area contributed by atoms with E-state index in [0.29, 0.717) is 0 Å². The summed E-state index contributed by atoms with van der Waals surface area (Å²) in [7, 11) is 0. The molecule has 5 heteroatoms. The molecule has 1 fully saturated rings. The van der Waals surface area contributed by atoms with Crippen molar-refractivity contribution in [3.05, 3.63) is 18.0 Å². The van der Waals surface area contributed by atoms with E-state index < -0.39 is 0 Å². The van der Waals surface area contributed by atoms with Crippen molar-refractivity contribution in [2.45, 2.75) is 58.0 Å². The second-order valence-electron chi connectivity index (χ2n) is 6.37. The van der Waals surface area contributed by atoms with Crippen molar-refractivity contribution in [2.24, 2.45) is 5.10 Å². The normalized spacial score (nSPS) is 21.8. The molecule has 0 radical (unpaired) electrons. The van der Waals surface area contributed by atoms with E-state index in [2.05, 4.69) is 47.8 Å². The molecule has 0 spiro atoms. The van der Waals surface area contributed by atoms with Crippen LogP contribution in [0.1, 0.15) is 52.7 Å². The van der Waals surface area contributed by atoms with Gasteiger partial charge < -0.3 is 5.73 Å². The molecule has 0 bridgehead atoms. The summed E-state index contributed by atoms with van der Waals surface area (Å²) in [5.41, 5.74) is 6.45. The molecule has 2 rings (SSSR count). The molecule has 5 nitrogen and oxygen atoms in total. The predicted molar refractivity (Wildman–Crippen MR) is 77.9 cm³/mol. The fourth-order valence-electron chi connectivity index (χ4n) is 2.87. The summed E-state index contributed by atoms with van der Waals surface area (Å²) in [6.07, 6.45) is 6.97. The zero-order chi connectivity index (χ0) is 14.1. The van der Waals surface area contributed by atoms with E-state index >= 15 is 0 Å². The third-order valence-corrected chi connectivity index (χ3v) is 3.73. The summed E-state index contributed by atoms with van der Waals surface area (Å²) in [5, 5.41) is 6.86. The number of hydrogen-bond donors (Lipinski definition) is 1. The Bertz CT molecular complexity index is 462. The van der Waals surface area contributed by atoms with E-state index in [9.17, 15) is 0 Å². The lowest BCUT2D eigenvalue weighted by Gasteiger charge is -2.51. The molecular weight excluding hydrogens is 238 g/mol. The number of nitrogen functional groups attached to an aromatic ring is 1. The van der Waals surface area contributed by atoms with E-state index in [-0.39, 0.29) is 17.0 Å². The van der Waals surface area contributed by atoms with Gasteiger partial charge in [-0.05, 0) is 53.0 Å². The molecule has 1 aliphatic heterocycles. The molecule has 19 heavy (non-hydrogen) atoms. The van der Waals surface area contributed by atoms with Crippen LogP contribution in [0.25, 0.3) is 0 Å². The number of hydrazone groups is 1. The standard InChI is InChI=1S/C14H23N5/c1-13(2)7-5-8-14(3,4)19(13)17-10-11-6-9-16-12(15)18-11/h6,9-10H,5,7-8H2,1-4H3,(H2,15,16,18). The van der Waals surface area contributed by atoms with Crippen molar-refractivity contribution >= 4 is 12.2 Å². The van der Waals surface area contributed by atoms with Crippen LogP contribution in [-0.2, 0) is 0 Å². The summed E-state index contributed by atoms with van der Waals surface area (Å²) >= 11 is 0. The Morgan fingerprint density at radius 3 is 2.47 bits per heavy atom. The van der Waals surface area contributed by atoms with Crippen LogP contribution in [-0.4, -0.2) is 32.3 Å². The molecule has 1 aromatic heterocycles. The van der Waals surface area contributed by atoms with Gasteiger partial charge in [0.25, 0.3) is 0 Å². The van der Waals surface area contributed by atoms with Gasteiger partial charge in [-0.25, -0.2) is 9.97 Å². The van der Waals surface area contributed by atoms with Crippen molar-refractivity contribution in [1.29, 1.82) is 0 Å². The van der Waals surface area contributed by atoms with Crippen LogP contribution in [0, 0.1) is 0 Å². The second kappa shape index (κ2) is 4.79. The molecule has 0 aliphatic carbocycles. The average Bonchev–Trinajstić information content (AvgIpc) is 2.26. The lowest BCUT2D eigenvalue weighted by molar-refractivity contribution is -0.0240. The fraction of sp³-hybridized carbons (Fsp3) is 0.643. The quantitative estimate of drug-likeness (QED) is 0.830. The average molecular weight is 261 g/mol. The maximum Gasteiger partial charge on any atom is 0.220 e. The smallest absolute Gasteiger partial charge is 0.220 e. The predicted octanol–water partition coefficient (Wildman–Crippen LogP) is 2.44. The minimum Gasteiger partial charge on any atom is -0.368 e. The molecular formula is C14H23N5. The Morgan fingerprint density at radius 2 is 1.89 bits per heavy atom. The minimum atomic E-state index is 0.0663. The minimum absolute atomic E-state index is 0.0663. The highest BCUT2D eigenvalue weighted by atomic mass is 15.5. The Labute approximate surface area is 114 Å². The lowest BCUT2D eigenvalue weighted by Crippen LogP contribution is -2.55. The molecule has 0 atom stereocenters. The molecule has 0 saturated carbocycles. The largest absolute Gasteiger partial charge is 0.368 e. The molecule has 0 unspecified atom stereocenters. The summed E-state index contributed by atoms with van der Waals surface area (Å²) in [6.45, 7) is 8.94. The molecule has 2 N–H and O–H groups in total. The van der Waals surface area contributed by atoms with Crippen LogP contribution >= 0.6 is 0 Å². The van der Waals surface area contributed by atoms with E-state index in [1.54, 1.807) is 12.4 Å². The maximum absolute atomic E-state index is 5.58. The first-order valence-electron chi connectivity index (χ1n) is 6.74. The van der Waals surface area contributed by atoms with Gasteiger partial charge in [0.2, 0.25) is 5.95 Å². The highest BCUT2D eigenvalue weighted by Crippen LogP contribution is 2.38. The Balaban J connectivity index is 2.24. The van der Waals surface area contributed by atoms with Gasteiger partial charge in [0.15, 0.2) is 0 Å². The van der Waals surface area contributed by atoms with Gasteiger partial charge >= 0.3 is 0 Å². The van der Waals surface area contributed by atoms with Gasteiger partial charge in [0.1, 0.15) is 0 Å². The fourth-order valence-corrected chi connectivity index (χ4v) is 2.87. The van der Waals surface area contributed by atoms with E-state index in [0.717, 1.165) is 18.5 Å². The molecule has 2 heterocycles. The number of anilines is 1. The summed E-state index contributed by atoms with van der Waals surface area (Å²) < 4.78 is 0. The maximum atomic E-state index is 5.58. The van der Waals surface area contributed by atoms with Crippen molar-refractivity contribution in [3.63, 3.8) is 0 Å². The second-order valence-corrected chi connectivity index (χ2v) is 6.37. The van der Waals surface area contributed by atoms with Crippen molar-refractivity contribution < 1.29 is 0 Å². The molecule has 1 aromatic rings. The molecule has 104 valence electrons. The summed E-state index contributed by atoms with van der Waals surface area (Å²) in [4.78, 5) is 8.03. The molecule has 0 amide bonds. The number of aromatic nitrogens is 2. The van der Waals surface area contributed by atoms with Crippen molar-refractivity contribution in [2.75, 3.05) is 5.73 Å². The van der Waals surface area contributed by atoms with Gasteiger partial charge in [-0.3, -0.25) is 5.01 Å². The van der Waals surface area contributed by atoms with Crippen molar-refractivity contribution in [3.8, 4) is 0 Å². The topological polar surface area (TPSA) is 67.4 Å². The van der Waals surface area contributed by atoms with E-state index in [4.69, 9.17) is 5.73 Å². The number of piperidine rings is 1.